The first-order valence-corrected chi connectivity index (χ1v) is 7.15. The number of rotatable bonds is 4. The van der Waals surface area contributed by atoms with E-state index in [4.69, 9.17) is 18.9 Å². The van der Waals surface area contributed by atoms with E-state index in [1.54, 1.807) is 26.2 Å². The van der Waals surface area contributed by atoms with Gasteiger partial charge in [0.15, 0.2) is 24.3 Å². The van der Waals surface area contributed by atoms with Crippen molar-refractivity contribution in [2.75, 3.05) is 6.61 Å². The number of ether oxygens (including phenoxy) is 4. The first-order chi connectivity index (χ1) is 10.4. The number of aromatic nitrogens is 2. The molecule has 0 saturated carbocycles. The molecule has 0 aromatic carbocycles. The number of hydrogen-bond acceptors (Lipinski definition) is 8. The summed E-state index contributed by atoms with van der Waals surface area (Å²) >= 11 is 0. The van der Waals surface area contributed by atoms with Crippen molar-refractivity contribution in [1.82, 2.24) is 9.97 Å². The van der Waals surface area contributed by atoms with E-state index in [1.807, 2.05) is 6.92 Å². The van der Waals surface area contributed by atoms with Crippen molar-refractivity contribution in [1.29, 1.82) is 0 Å². The van der Waals surface area contributed by atoms with Gasteiger partial charge in [0.05, 0.1) is 6.61 Å². The van der Waals surface area contributed by atoms with Crippen molar-refractivity contribution < 1.29 is 29.2 Å². The molecule has 122 valence electrons. The lowest BCUT2D eigenvalue weighted by molar-refractivity contribution is -0.225. The van der Waals surface area contributed by atoms with E-state index in [2.05, 4.69) is 9.97 Å². The molecule has 22 heavy (non-hydrogen) atoms. The zero-order valence-electron chi connectivity index (χ0n) is 12.7. The molecule has 2 aliphatic heterocycles. The molecular formula is C14H20N2O6. The second kappa shape index (κ2) is 5.71. The van der Waals surface area contributed by atoms with Crippen LogP contribution in [0.15, 0.2) is 12.4 Å². The Balaban J connectivity index is 1.81. The van der Waals surface area contributed by atoms with Gasteiger partial charge >= 0.3 is 6.01 Å². The smallest absolute Gasteiger partial charge is 0.316 e. The van der Waals surface area contributed by atoms with E-state index in [0.29, 0.717) is 0 Å². The lowest BCUT2D eigenvalue weighted by atomic mass is 10.1. The average molecular weight is 312 g/mol. The average Bonchev–Trinajstić information content (AvgIpc) is 2.94. The maximum Gasteiger partial charge on any atom is 0.316 e. The van der Waals surface area contributed by atoms with Crippen LogP contribution in [-0.4, -0.2) is 63.3 Å². The molecule has 2 N–H and O–H groups in total. The van der Waals surface area contributed by atoms with Gasteiger partial charge in [0.1, 0.15) is 12.2 Å². The summed E-state index contributed by atoms with van der Waals surface area (Å²) < 4.78 is 22.8. The van der Waals surface area contributed by atoms with Crippen LogP contribution in [0.3, 0.4) is 0 Å². The van der Waals surface area contributed by atoms with Gasteiger partial charge in [-0.25, -0.2) is 9.97 Å². The molecule has 8 nitrogen and oxygen atoms in total. The predicted octanol–water partition coefficient (Wildman–Crippen LogP) is -0.238. The normalized spacial score (nSPS) is 34.4. The molecule has 2 aliphatic rings. The second-order valence-electron chi connectivity index (χ2n) is 5.94. The standard InChI is InChI=1S/C14H20N2O6/c1-7-4-15-13(16-5-7)20-10-9(8(18)6-17)19-12-11(10)21-14(2,3)22-12/h4-5,8-12,17-18H,6H2,1-3H3/t8?,9-,10+,11-,12-/m1/s1. The first-order valence-electron chi connectivity index (χ1n) is 7.15. The van der Waals surface area contributed by atoms with Crippen molar-refractivity contribution in [2.24, 2.45) is 0 Å². The lowest BCUT2D eigenvalue weighted by Gasteiger charge is -2.27. The zero-order valence-corrected chi connectivity index (χ0v) is 12.7. The molecule has 3 rings (SSSR count). The number of aliphatic hydroxyl groups excluding tert-OH is 2. The third-order valence-corrected chi connectivity index (χ3v) is 3.59. The van der Waals surface area contributed by atoms with Crippen molar-refractivity contribution in [3.05, 3.63) is 18.0 Å². The van der Waals surface area contributed by atoms with Gasteiger partial charge in [-0.3, -0.25) is 0 Å². The van der Waals surface area contributed by atoms with Crippen LogP contribution in [0.25, 0.3) is 0 Å². The SMILES string of the molecule is Cc1cnc(O[C@@H]2[C@H]3OC(C)(C)O[C@H]3O[C@@H]2C(O)CO)nc1. The Bertz CT molecular complexity index is 523. The van der Waals surface area contributed by atoms with Gasteiger partial charge in [0, 0.05) is 12.4 Å². The van der Waals surface area contributed by atoms with E-state index in [1.165, 1.54) is 0 Å². The first kappa shape index (κ1) is 15.6. The van der Waals surface area contributed by atoms with Crippen LogP contribution in [0.5, 0.6) is 6.01 Å². The summed E-state index contributed by atoms with van der Waals surface area (Å²) in [7, 11) is 0. The van der Waals surface area contributed by atoms with Gasteiger partial charge in [-0.15, -0.1) is 0 Å². The Kier molecular flexibility index (Phi) is 4.04. The third-order valence-electron chi connectivity index (χ3n) is 3.59. The van der Waals surface area contributed by atoms with Gasteiger partial charge in [-0.05, 0) is 26.3 Å². The summed E-state index contributed by atoms with van der Waals surface area (Å²) in [4.78, 5) is 8.17. The third kappa shape index (κ3) is 2.92. The number of nitrogens with zero attached hydrogens (tertiary/aromatic N) is 2. The van der Waals surface area contributed by atoms with Crippen LogP contribution < -0.4 is 4.74 Å². The minimum atomic E-state index is -1.11. The molecule has 0 radical (unpaired) electrons. The van der Waals surface area contributed by atoms with Gasteiger partial charge < -0.3 is 29.2 Å². The molecule has 5 atom stereocenters. The summed E-state index contributed by atoms with van der Waals surface area (Å²) in [6.07, 6.45) is -0.539. The minimum Gasteiger partial charge on any atom is -0.454 e. The zero-order chi connectivity index (χ0) is 15.9. The largest absolute Gasteiger partial charge is 0.454 e. The van der Waals surface area contributed by atoms with Crippen LogP contribution in [0.2, 0.25) is 0 Å². The Morgan fingerprint density at radius 2 is 2.00 bits per heavy atom. The van der Waals surface area contributed by atoms with E-state index >= 15 is 0 Å². The molecule has 0 amide bonds. The Labute approximate surface area is 128 Å². The Morgan fingerprint density at radius 3 is 2.64 bits per heavy atom. The van der Waals surface area contributed by atoms with Crippen LogP contribution in [0, 0.1) is 6.92 Å². The van der Waals surface area contributed by atoms with Crippen molar-refractivity contribution >= 4 is 0 Å². The predicted molar refractivity (Wildman–Crippen MR) is 73.0 cm³/mol. The highest BCUT2D eigenvalue weighted by Crippen LogP contribution is 2.39. The fourth-order valence-corrected chi connectivity index (χ4v) is 2.62. The number of hydrogen-bond donors (Lipinski definition) is 2. The fourth-order valence-electron chi connectivity index (χ4n) is 2.62. The van der Waals surface area contributed by atoms with Gasteiger partial charge in [0.25, 0.3) is 0 Å². The molecule has 8 heteroatoms. The highest BCUT2D eigenvalue weighted by Gasteiger charge is 2.57. The molecule has 1 aromatic rings. The lowest BCUT2D eigenvalue weighted by Crippen LogP contribution is -2.46. The van der Waals surface area contributed by atoms with E-state index in [0.717, 1.165) is 5.56 Å². The minimum absolute atomic E-state index is 0.156. The molecule has 3 heterocycles. The monoisotopic (exact) mass is 312 g/mol. The molecule has 0 aliphatic carbocycles. The molecule has 0 spiro atoms. The summed E-state index contributed by atoms with van der Waals surface area (Å²) in [6, 6.07) is 0.156. The van der Waals surface area contributed by atoms with Crippen molar-refractivity contribution in [3.63, 3.8) is 0 Å². The summed E-state index contributed by atoms with van der Waals surface area (Å²) in [6.45, 7) is 4.95. The number of aryl methyl sites for hydroxylation is 1. The van der Waals surface area contributed by atoms with E-state index < -0.39 is 43.1 Å². The Hall–Kier alpha value is -1.32. The maximum absolute atomic E-state index is 9.93. The maximum atomic E-state index is 9.93. The molecule has 1 aromatic heterocycles. The quantitative estimate of drug-likeness (QED) is 0.785. The highest BCUT2D eigenvalue weighted by molar-refractivity contribution is 5.07. The number of fused-ring (bicyclic) bond motifs is 1. The van der Waals surface area contributed by atoms with Crippen LogP contribution in [0.4, 0.5) is 0 Å². The van der Waals surface area contributed by atoms with E-state index in [-0.39, 0.29) is 6.01 Å². The van der Waals surface area contributed by atoms with Crippen LogP contribution in [-0.2, 0) is 14.2 Å². The molecule has 2 fully saturated rings. The van der Waals surface area contributed by atoms with Gasteiger partial charge in [0.2, 0.25) is 0 Å². The Morgan fingerprint density at radius 1 is 1.32 bits per heavy atom. The van der Waals surface area contributed by atoms with Crippen LogP contribution in [0.1, 0.15) is 19.4 Å². The second-order valence-corrected chi connectivity index (χ2v) is 5.94. The molecule has 0 bridgehead atoms. The van der Waals surface area contributed by atoms with Crippen molar-refractivity contribution in [2.45, 2.75) is 57.3 Å². The topological polar surface area (TPSA) is 103 Å². The highest BCUT2D eigenvalue weighted by atomic mass is 16.8. The molecule has 2 saturated heterocycles. The fraction of sp³-hybridized carbons (Fsp3) is 0.714. The summed E-state index contributed by atoms with van der Waals surface area (Å²) in [5, 5.41) is 19.1. The summed E-state index contributed by atoms with van der Waals surface area (Å²) in [5.41, 5.74) is 0.904. The van der Waals surface area contributed by atoms with Crippen molar-refractivity contribution in [3.8, 4) is 6.01 Å². The molecular weight excluding hydrogens is 292 g/mol. The van der Waals surface area contributed by atoms with E-state index in [9.17, 15) is 10.2 Å². The van der Waals surface area contributed by atoms with Crippen LogP contribution >= 0.6 is 0 Å². The van der Waals surface area contributed by atoms with Gasteiger partial charge in [-0.2, -0.15) is 0 Å². The molecule has 1 unspecified atom stereocenters. The van der Waals surface area contributed by atoms with Gasteiger partial charge in [-0.1, -0.05) is 0 Å². The number of aliphatic hydroxyl groups is 2. The summed E-state index contributed by atoms with van der Waals surface area (Å²) in [5.74, 6) is -0.805.